The molecule has 0 fully saturated rings. The molecule has 0 bridgehead atoms. The number of aryl methyl sites for hydroxylation is 1. The Bertz CT molecular complexity index is 397. The van der Waals surface area contributed by atoms with E-state index in [1.165, 1.54) is 0 Å². The van der Waals surface area contributed by atoms with Crippen molar-refractivity contribution in [3.05, 3.63) is 29.3 Å². The van der Waals surface area contributed by atoms with Gasteiger partial charge >= 0.3 is 5.97 Å². The maximum absolute atomic E-state index is 12.0. The van der Waals surface area contributed by atoms with E-state index in [0.717, 1.165) is 12.0 Å². The number of esters is 1. The van der Waals surface area contributed by atoms with E-state index < -0.39 is 0 Å². The molecule has 0 aliphatic carbocycles. The Morgan fingerprint density at radius 2 is 2.00 bits per heavy atom. The highest BCUT2D eigenvalue weighted by Crippen LogP contribution is 2.25. The third kappa shape index (κ3) is 3.76. The summed E-state index contributed by atoms with van der Waals surface area (Å²) >= 11 is 0. The predicted molar refractivity (Wildman–Crippen MR) is 72.1 cm³/mol. The van der Waals surface area contributed by atoms with Crippen LogP contribution in [0.25, 0.3) is 0 Å². The minimum Gasteiger partial charge on any atom is -0.493 e. The average Bonchev–Trinajstić information content (AvgIpc) is 2.36. The summed E-state index contributed by atoms with van der Waals surface area (Å²) in [5.41, 5.74) is 1.56. The number of carbonyl (C=O) groups is 1. The first-order valence-electron chi connectivity index (χ1n) is 6.51. The van der Waals surface area contributed by atoms with E-state index in [1.54, 1.807) is 6.07 Å². The lowest BCUT2D eigenvalue weighted by atomic mass is 10.1. The third-order valence-corrected chi connectivity index (χ3v) is 2.53. The van der Waals surface area contributed by atoms with Crippen LogP contribution in [0.3, 0.4) is 0 Å². The van der Waals surface area contributed by atoms with Crippen molar-refractivity contribution in [2.45, 2.75) is 34.1 Å². The van der Waals surface area contributed by atoms with E-state index >= 15 is 0 Å². The van der Waals surface area contributed by atoms with Gasteiger partial charge in [0, 0.05) is 0 Å². The molecule has 0 unspecified atom stereocenters. The molecule has 0 saturated heterocycles. The zero-order chi connectivity index (χ0) is 13.5. The molecule has 0 heterocycles. The number of rotatable bonds is 6. The molecule has 1 aromatic rings. The summed E-state index contributed by atoms with van der Waals surface area (Å²) in [6, 6.07) is 5.60. The monoisotopic (exact) mass is 250 g/mol. The Morgan fingerprint density at radius 3 is 2.56 bits per heavy atom. The number of ether oxygens (including phenoxy) is 2. The fraction of sp³-hybridized carbons (Fsp3) is 0.533. The summed E-state index contributed by atoms with van der Waals surface area (Å²) < 4.78 is 10.8. The van der Waals surface area contributed by atoms with Crippen molar-refractivity contribution in [3.63, 3.8) is 0 Å². The largest absolute Gasteiger partial charge is 0.493 e. The Morgan fingerprint density at radius 1 is 1.28 bits per heavy atom. The molecule has 0 aliphatic rings. The van der Waals surface area contributed by atoms with Gasteiger partial charge in [0.15, 0.2) is 0 Å². The second kappa shape index (κ2) is 7.04. The summed E-state index contributed by atoms with van der Waals surface area (Å²) in [6.07, 6.45) is 0.834. The summed E-state index contributed by atoms with van der Waals surface area (Å²) in [6.45, 7) is 8.96. The maximum atomic E-state index is 12.0. The van der Waals surface area contributed by atoms with Gasteiger partial charge in [-0.2, -0.15) is 0 Å². The highest BCUT2D eigenvalue weighted by molar-refractivity contribution is 5.93. The highest BCUT2D eigenvalue weighted by Gasteiger charge is 2.16. The first-order valence-corrected chi connectivity index (χ1v) is 6.51. The molecule has 18 heavy (non-hydrogen) atoms. The van der Waals surface area contributed by atoms with Crippen LogP contribution in [0.5, 0.6) is 5.75 Å². The first kappa shape index (κ1) is 14.6. The smallest absolute Gasteiger partial charge is 0.341 e. The normalized spacial score (nSPS) is 10.5. The van der Waals surface area contributed by atoms with Gasteiger partial charge in [-0.05, 0) is 30.9 Å². The molecule has 1 aromatic carbocycles. The summed E-state index contributed by atoms with van der Waals surface area (Å²) in [5, 5.41) is 0. The van der Waals surface area contributed by atoms with Gasteiger partial charge in [0.2, 0.25) is 0 Å². The number of carbonyl (C=O) groups excluding carboxylic acids is 1. The van der Waals surface area contributed by atoms with Crippen LogP contribution in [0.4, 0.5) is 0 Å². The average molecular weight is 250 g/mol. The number of hydrogen-bond acceptors (Lipinski definition) is 3. The molecular weight excluding hydrogens is 228 g/mol. The second-order valence-electron chi connectivity index (χ2n) is 4.57. The van der Waals surface area contributed by atoms with E-state index in [4.69, 9.17) is 9.47 Å². The van der Waals surface area contributed by atoms with Gasteiger partial charge in [-0.25, -0.2) is 4.79 Å². The van der Waals surface area contributed by atoms with Crippen molar-refractivity contribution in [3.8, 4) is 5.75 Å². The van der Waals surface area contributed by atoms with Crippen LogP contribution < -0.4 is 4.74 Å². The SMILES string of the molecule is CCOc1c(CC)cccc1C(=O)OCC(C)C. The maximum Gasteiger partial charge on any atom is 0.341 e. The standard InChI is InChI=1S/C15H22O3/c1-5-12-8-7-9-13(14(12)17-6-2)15(16)18-10-11(3)4/h7-9,11H,5-6,10H2,1-4H3. The van der Waals surface area contributed by atoms with Crippen molar-refractivity contribution in [2.24, 2.45) is 5.92 Å². The lowest BCUT2D eigenvalue weighted by Crippen LogP contribution is -2.12. The minimum atomic E-state index is -0.303. The molecule has 3 nitrogen and oxygen atoms in total. The molecule has 1 rings (SSSR count). The number of hydrogen-bond donors (Lipinski definition) is 0. The van der Waals surface area contributed by atoms with E-state index in [0.29, 0.717) is 30.4 Å². The summed E-state index contributed by atoms with van der Waals surface area (Å²) in [5.74, 6) is 0.692. The van der Waals surface area contributed by atoms with E-state index in [1.807, 2.05) is 39.8 Å². The molecule has 0 aromatic heterocycles. The van der Waals surface area contributed by atoms with Crippen LogP contribution in [0.1, 0.15) is 43.6 Å². The highest BCUT2D eigenvalue weighted by atomic mass is 16.5. The summed E-state index contributed by atoms with van der Waals surface area (Å²) in [7, 11) is 0. The zero-order valence-corrected chi connectivity index (χ0v) is 11.7. The van der Waals surface area contributed by atoms with Crippen molar-refractivity contribution in [2.75, 3.05) is 13.2 Å². The fourth-order valence-electron chi connectivity index (χ4n) is 1.66. The molecule has 0 spiro atoms. The first-order chi connectivity index (χ1) is 8.60. The summed E-state index contributed by atoms with van der Waals surface area (Å²) in [4.78, 5) is 12.0. The fourth-order valence-corrected chi connectivity index (χ4v) is 1.66. The van der Waals surface area contributed by atoms with Gasteiger partial charge in [-0.3, -0.25) is 0 Å². The number of para-hydroxylation sites is 1. The third-order valence-electron chi connectivity index (χ3n) is 2.53. The molecule has 0 aliphatic heterocycles. The Labute approximate surface area is 109 Å². The van der Waals surface area contributed by atoms with E-state index in [2.05, 4.69) is 0 Å². The van der Waals surface area contributed by atoms with Gasteiger partial charge in [0.25, 0.3) is 0 Å². The van der Waals surface area contributed by atoms with Crippen LogP contribution in [0.2, 0.25) is 0 Å². The van der Waals surface area contributed by atoms with E-state index in [9.17, 15) is 4.79 Å². The number of benzene rings is 1. The van der Waals surface area contributed by atoms with Crippen LogP contribution >= 0.6 is 0 Å². The van der Waals surface area contributed by atoms with Crippen LogP contribution in [0.15, 0.2) is 18.2 Å². The van der Waals surface area contributed by atoms with Crippen molar-refractivity contribution >= 4 is 5.97 Å². The van der Waals surface area contributed by atoms with E-state index in [-0.39, 0.29) is 5.97 Å². The molecule has 0 saturated carbocycles. The van der Waals surface area contributed by atoms with Gasteiger partial charge in [-0.15, -0.1) is 0 Å². The zero-order valence-electron chi connectivity index (χ0n) is 11.7. The molecule has 0 N–H and O–H groups in total. The quantitative estimate of drug-likeness (QED) is 0.725. The van der Waals surface area contributed by atoms with Crippen LogP contribution in [-0.2, 0) is 11.2 Å². The molecule has 3 heteroatoms. The minimum absolute atomic E-state index is 0.303. The Balaban J connectivity index is 2.95. The van der Waals surface area contributed by atoms with Gasteiger partial charge in [0.05, 0.1) is 13.2 Å². The van der Waals surface area contributed by atoms with Gasteiger partial charge < -0.3 is 9.47 Å². The predicted octanol–water partition coefficient (Wildman–Crippen LogP) is 3.46. The Hall–Kier alpha value is -1.51. The van der Waals surface area contributed by atoms with Crippen LogP contribution in [0, 0.1) is 5.92 Å². The van der Waals surface area contributed by atoms with Crippen molar-refractivity contribution in [1.29, 1.82) is 0 Å². The molecule has 0 radical (unpaired) electrons. The molecule has 100 valence electrons. The lowest BCUT2D eigenvalue weighted by Gasteiger charge is -2.14. The topological polar surface area (TPSA) is 35.5 Å². The molecular formula is C15H22O3. The molecule has 0 amide bonds. The molecule has 0 atom stereocenters. The van der Waals surface area contributed by atoms with Crippen molar-refractivity contribution < 1.29 is 14.3 Å². The lowest BCUT2D eigenvalue weighted by molar-refractivity contribution is 0.0454. The Kier molecular flexibility index (Phi) is 5.69. The second-order valence-corrected chi connectivity index (χ2v) is 4.57. The van der Waals surface area contributed by atoms with Crippen molar-refractivity contribution in [1.82, 2.24) is 0 Å². The van der Waals surface area contributed by atoms with Crippen LogP contribution in [-0.4, -0.2) is 19.2 Å². The van der Waals surface area contributed by atoms with Gasteiger partial charge in [-0.1, -0.05) is 32.9 Å². The van der Waals surface area contributed by atoms with Gasteiger partial charge in [0.1, 0.15) is 11.3 Å².